The first-order valence-corrected chi connectivity index (χ1v) is 6.37. The van der Waals surface area contributed by atoms with E-state index in [1.54, 1.807) is 0 Å². The number of hydrogen-bond donors (Lipinski definition) is 1. The van der Waals surface area contributed by atoms with Gasteiger partial charge in [0.2, 0.25) is 0 Å². The van der Waals surface area contributed by atoms with Crippen molar-refractivity contribution < 1.29 is 14.0 Å². The van der Waals surface area contributed by atoms with Gasteiger partial charge in [-0.25, -0.2) is 9.87 Å². The first kappa shape index (κ1) is 12.5. The number of amides is 1. The second-order valence-corrected chi connectivity index (χ2v) is 4.94. The van der Waals surface area contributed by atoms with Crippen LogP contribution in [-0.4, -0.2) is 12.0 Å². The van der Waals surface area contributed by atoms with Gasteiger partial charge in [-0.2, -0.15) is 0 Å². The summed E-state index contributed by atoms with van der Waals surface area (Å²) in [4.78, 5) is 17.0. The molecule has 0 radical (unpaired) electrons. The van der Waals surface area contributed by atoms with Gasteiger partial charge in [0.1, 0.15) is 5.82 Å². The molecule has 1 aromatic rings. The normalized spacial score (nSPS) is 16.1. The van der Waals surface area contributed by atoms with Crippen LogP contribution in [0, 0.1) is 5.82 Å². The second-order valence-electron chi connectivity index (χ2n) is 4.08. The Kier molecular flexibility index (Phi) is 4.12. The predicted molar refractivity (Wildman–Crippen MR) is 64.9 cm³/mol. The fraction of sp³-hybridized carbons (Fsp3) is 0.417. The monoisotopic (exact) mass is 301 g/mol. The molecule has 1 amide bonds. The molecule has 0 unspecified atom stereocenters. The highest BCUT2D eigenvalue weighted by Crippen LogP contribution is 2.20. The van der Waals surface area contributed by atoms with Crippen LogP contribution in [-0.2, 0) is 4.84 Å². The highest BCUT2D eigenvalue weighted by atomic mass is 79.9. The molecule has 0 bridgehead atoms. The number of halogens is 2. The van der Waals surface area contributed by atoms with Crippen LogP contribution in [0.2, 0.25) is 0 Å². The van der Waals surface area contributed by atoms with Crippen LogP contribution in [0.25, 0.3) is 0 Å². The van der Waals surface area contributed by atoms with Crippen molar-refractivity contribution in [2.45, 2.75) is 31.8 Å². The van der Waals surface area contributed by atoms with E-state index < -0.39 is 5.82 Å². The van der Waals surface area contributed by atoms with Gasteiger partial charge in [0.05, 0.1) is 10.6 Å². The molecule has 2 rings (SSSR count). The fourth-order valence-corrected chi connectivity index (χ4v) is 2.22. The summed E-state index contributed by atoms with van der Waals surface area (Å²) >= 11 is 3.04. The molecule has 1 N–H and O–H groups in total. The van der Waals surface area contributed by atoms with E-state index in [2.05, 4.69) is 21.4 Å². The van der Waals surface area contributed by atoms with Gasteiger partial charge in [-0.05, 0) is 47.0 Å². The third-order valence-electron chi connectivity index (χ3n) is 2.80. The number of hydroxylamine groups is 1. The lowest BCUT2D eigenvalue weighted by Crippen LogP contribution is -2.28. The molecule has 1 aromatic carbocycles. The molecule has 0 spiro atoms. The van der Waals surface area contributed by atoms with Crippen molar-refractivity contribution in [1.29, 1.82) is 0 Å². The molecule has 0 saturated heterocycles. The summed E-state index contributed by atoms with van der Waals surface area (Å²) in [6, 6.07) is 4.10. The van der Waals surface area contributed by atoms with Gasteiger partial charge in [0, 0.05) is 5.56 Å². The van der Waals surface area contributed by atoms with Crippen LogP contribution < -0.4 is 5.48 Å². The van der Waals surface area contributed by atoms with Gasteiger partial charge in [-0.1, -0.05) is 12.8 Å². The van der Waals surface area contributed by atoms with Crippen molar-refractivity contribution in [2.75, 3.05) is 0 Å². The minimum Gasteiger partial charge on any atom is -0.270 e. The standard InChI is InChI=1S/C12H13BrFNO2/c13-10-7-8(5-6-11(10)14)12(16)15-17-9-3-1-2-4-9/h5-7,9H,1-4H2,(H,15,16). The zero-order valence-corrected chi connectivity index (χ0v) is 10.8. The lowest BCUT2D eigenvalue weighted by Gasteiger charge is -2.11. The lowest BCUT2D eigenvalue weighted by atomic mass is 10.2. The molecule has 0 atom stereocenters. The Balaban J connectivity index is 1.92. The molecule has 0 heterocycles. The first-order valence-electron chi connectivity index (χ1n) is 5.58. The molecule has 92 valence electrons. The molecule has 1 fully saturated rings. The third-order valence-corrected chi connectivity index (χ3v) is 3.41. The highest BCUT2D eigenvalue weighted by Gasteiger charge is 2.17. The van der Waals surface area contributed by atoms with Crippen molar-refractivity contribution in [1.82, 2.24) is 5.48 Å². The molecular weight excluding hydrogens is 289 g/mol. The van der Waals surface area contributed by atoms with Crippen LogP contribution in [0.3, 0.4) is 0 Å². The predicted octanol–water partition coefficient (Wildman–Crippen LogP) is 3.19. The summed E-state index contributed by atoms with van der Waals surface area (Å²) in [6.45, 7) is 0. The van der Waals surface area contributed by atoms with Crippen LogP contribution in [0.5, 0.6) is 0 Å². The van der Waals surface area contributed by atoms with Crippen molar-refractivity contribution in [3.8, 4) is 0 Å². The smallest absolute Gasteiger partial charge is 0.270 e. The maximum absolute atomic E-state index is 13.0. The van der Waals surface area contributed by atoms with Crippen LogP contribution in [0.4, 0.5) is 4.39 Å². The molecular formula is C12H13BrFNO2. The maximum Gasteiger partial charge on any atom is 0.274 e. The van der Waals surface area contributed by atoms with Crippen molar-refractivity contribution >= 4 is 21.8 Å². The molecule has 1 aliphatic carbocycles. The topological polar surface area (TPSA) is 38.3 Å². The van der Waals surface area contributed by atoms with Crippen molar-refractivity contribution in [3.05, 3.63) is 34.1 Å². The van der Waals surface area contributed by atoms with E-state index in [4.69, 9.17) is 4.84 Å². The van der Waals surface area contributed by atoms with Crippen molar-refractivity contribution in [2.24, 2.45) is 0 Å². The van der Waals surface area contributed by atoms with Crippen molar-refractivity contribution in [3.63, 3.8) is 0 Å². The fourth-order valence-electron chi connectivity index (χ4n) is 1.84. The van der Waals surface area contributed by atoms with Gasteiger partial charge in [-0.15, -0.1) is 0 Å². The van der Waals surface area contributed by atoms with Gasteiger partial charge in [-0.3, -0.25) is 9.63 Å². The number of hydrogen-bond acceptors (Lipinski definition) is 2. The van der Waals surface area contributed by atoms with Crippen LogP contribution in [0.15, 0.2) is 22.7 Å². The zero-order chi connectivity index (χ0) is 12.3. The Bertz CT molecular complexity index is 419. The van der Waals surface area contributed by atoms with Crippen LogP contribution >= 0.6 is 15.9 Å². The van der Waals surface area contributed by atoms with E-state index in [-0.39, 0.29) is 16.5 Å². The third kappa shape index (κ3) is 3.26. The Morgan fingerprint density at radius 2 is 2.12 bits per heavy atom. The van der Waals surface area contributed by atoms with E-state index >= 15 is 0 Å². The van der Waals surface area contributed by atoms with Crippen LogP contribution in [0.1, 0.15) is 36.0 Å². The Morgan fingerprint density at radius 3 is 2.76 bits per heavy atom. The molecule has 0 aromatic heterocycles. The van der Waals surface area contributed by atoms with E-state index in [1.807, 2.05) is 0 Å². The lowest BCUT2D eigenvalue weighted by molar-refractivity contribution is -0.0124. The van der Waals surface area contributed by atoms with Gasteiger partial charge < -0.3 is 0 Å². The summed E-state index contributed by atoms with van der Waals surface area (Å²) < 4.78 is 13.3. The summed E-state index contributed by atoms with van der Waals surface area (Å²) in [5, 5.41) is 0. The Labute approximate surface area is 107 Å². The first-order chi connectivity index (χ1) is 8.16. The Hall–Kier alpha value is -0.940. The molecule has 0 aliphatic heterocycles. The average Bonchev–Trinajstić information content (AvgIpc) is 2.82. The quantitative estimate of drug-likeness (QED) is 0.871. The molecule has 1 aliphatic rings. The number of benzene rings is 1. The summed E-state index contributed by atoms with van der Waals surface area (Å²) in [5.74, 6) is -0.740. The minimum atomic E-state index is -0.390. The maximum atomic E-state index is 13.0. The SMILES string of the molecule is O=C(NOC1CCCC1)c1ccc(F)c(Br)c1. The van der Waals surface area contributed by atoms with Gasteiger partial charge >= 0.3 is 0 Å². The largest absolute Gasteiger partial charge is 0.274 e. The number of carbonyl (C=O) groups is 1. The number of rotatable bonds is 3. The molecule has 5 heteroatoms. The second kappa shape index (κ2) is 5.60. The molecule has 17 heavy (non-hydrogen) atoms. The minimum absolute atomic E-state index is 0.114. The number of carbonyl (C=O) groups excluding carboxylic acids is 1. The summed E-state index contributed by atoms with van der Waals surface area (Å²) in [6.07, 6.45) is 4.36. The summed E-state index contributed by atoms with van der Waals surface area (Å²) in [5.41, 5.74) is 2.78. The zero-order valence-electron chi connectivity index (χ0n) is 9.21. The highest BCUT2D eigenvalue weighted by molar-refractivity contribution is 9.10. The van der Waals surface area contributed by atoms with Gasteiger partial charge in [0.15, 0.2) is 0 Å². The van der Waals surface area contributed by atoms with E-state index in [0.717, 1.165) is 25.7 Å². The van der Waals surface area contributed by atoms with E-state index in [9.17, 15) is 9.18 Å². The average molecular weight is 302 g/mol. The van der Waals surface area contributed by atoms with E-state index in [0.29, 0.717) is 5.56 Å². The molecule has 3 nitrogen and oxygen atoms in total. The molecule has 1 saturated carbocycles. The Morgan fingerprint density at radius 1 is 1.41 bits per heavy atom. The number of nitrogens with one attached hydrogen (secondary N) is 1. The summed E-state index contributed by atoms with van der Waals surface area (Å²) in [7, 11) is 0. The van der Waals surface area contributed by atoms with Gasteiger partial charge in [0.25, 0.3) is 5.91 Å². The van der Waals surface area contributed by atoms with E-state index in [1.165, 1.54) is 18.2 Å².